The summed E-state index contributed by atoms with van der Waals surface area (Å²) in [7, 11) is 0. The van der Waals surface area contributed by atoms with Crippen LogP contribution in [0.3, 0.4) is 0 Å². The van der Waals surface area contributed by atoms with Crippen LogP contribution in [0.4, 0.5) is 5.69 Å². The number of fused-ring (bicyclic) bond motifs is 1. The van der Waals surface area contributed by atoms with Crippen LogP contribution in [-0.2, 0) is 10.4 Å². The van der Waals surface area contributed by atoms with E-state index in [1.807, 2.05) is 24.3 Å². The van der Waals surface area contributed by atoms with Gasteiger partial charge >= 0.3 is 0 Å². The summed E-state index contributed by atoms with van der Waals surface area (Å²) in [6.45, 7) is 0. The fourth-order valence-corrected chi connectivity index (χ4v) is 2.17. The van der Waals surface area contributed by atoms with Gasteiger partial charge in [0.15, 0.2) is 5.60 Å². The fraction of sp³-hybridized carbons (Fsp3) is 0.364. The van der Waals surface area contributed by atoms with Gasteiger partial charge in [-0.05, 0) is 18.9 Å². The van der Waals surface area contributed by atoms with Gasteiger partial charge in [0.25, 0.3) is 5.91 Å². The van der Waals surface area contributed by atoms with Gasteiger partial charge in [-0.1, -0.05) is 18.2 Å². The normalized spacial score (nSPS) is 29.9. The SMILES string of the molecule is O=C1Nc2ccccc2C1(O)C1CC1. The van der Waals surface area contributed by atoms with Gasteiger partial charge in [0.1, 0.15) is 0 Å². The zero-order chi connectivity index (χ0) is 9.76. The second kappa shape index (κ2) is 2.36. The van der Waals surface area contributed by atoms with Crippen molar-refractivity contribution in [3.8, 4) is 0 Å². The number of nitrogens with one attached hydrogen (secondary N) is 1. The Balaban J connectivity index is 2.18. The van der Waals surface area contributed by atoms with Crippen LogP contribution in [0.2, 0.25) is 0 Å². The van der Waals surface area contributed by atoms with Crippen LogP contribution >= 0.6 is 0 Å². The zero-order valence-electron chi connectivity index (χ0n) is 7.66. The first-order valence-electron chi connectivity index (χ1n) is 4.86. The van der Waals surface area contributed by atoms with Gasteiger partial charge in [0, 0.05) is 17.2 Å². The third-order valence-corrected chi connectivity index (χ3v) is 3.10. The lowest BCUT2D eigenvalue weighted by Crippen LogP contribution is -2.36. The molecule has 72 valence electrons. The molecule has 0 spiro atoms. The number of rotatable bonds is 1. The van der Waals surface area contributed by atoms with E-state index in [1.54, 1.807) is 0 Å². The van der Waals surface area contributed by atoms with Gasteiger partial charge in [-0.25, -0.2) is 0 Å². The minimum atomic E-state index is -1.25. The number of hydrogen-bond donors (Lipinski definition) is 2. The first kappa shape index (κ1) is 8.00. The monoisotopic (exact) mass is 189 g/mol. The van der Waals surface area contributed by atoms with Crippen LogP contribution < -0.4 is 5.32 Å². The van der Waals surface area contributed by atoms with Gasteiger partial charge in [-0.15, -0.1) is 0 Å². The Morgan fingerprint density at radius 3 is 2.79 bits per heavy atom. The minimum absolute atomic E-state index is 0.117. The summed E-state index contributed by atoms with van der Waals surface area (Å²) in [5.74, 6) is -0.146. The van der Waals surface area contributed by atoms with Crippen molar-refractivity contribution in [1.82, 2.24) is 0 Å². The van der Waals surface area contributed by atoms with E-state index in [2.05, 4.69) is 5.32 Å². The summed E-state index contributed by atoms with van der Waals surface area (Å²) in [6.07, 6.45) is 1.89. The molecule has 1 aliphatic carbocycles. The summed E-state index contributed by atoms with van der Waals surface area (Å²) in [4.78, 5) is 11.7. The van der Waals surface area contributed by atoms with Gasteiger partial charge in [-0.2, -0.15) is 0 Å². The van der Waals surface area contributed by atoms with Crippen molar-refractivity contribution in [2.24, 2.45) is 5.92 Å². The number of aliphatic hydroxyl groups is 1. The predicted octanol–water partition coefficient (Wildman–Crippen LogP) is 1.24. The van der Waals surface area contributed by atoms with Crippen LogP contribution in [0.5, 0.6) is 0 Å². The van der Waals surface area contributed by atoms with Gasteiger partial charge < -0.3 is 10.4 Å². The average Bonchev–Trinajstić information content (AvgIpc) is 2.98. The standard InChI is InChI=1S/C11H11NO2/c13-10-11(14,7-5-6-7)8-3-1-2-4-9(8)12-10/h1-4,7,14H,5-6H2,(H,12,13). The van der Waals surface area contributed by atoms with Crippen molar-refractivity contribution in [2.45, 2.75) is 18.4 Å². The molecular formula is C11H11NO2. The maximum absolute atomic E-state index is 11.7. The molecule has 3 nitrogen and oxygen atoms in total. The molecule has 0 saturated heterocycles. The molecule has 3 heteroatoms. The molecule has 1 aliphatic heterocycles. The van der Waals surface area contributed by atoms with Crippen LogP contribution in [0.1, 0.15) is 18.4 Å². The maximum atomic E-state index is 11.7. The third kappa shape index (κ3) is 0.826. The zero-order valence-corrected chi connectivity index (χ0v) is 7.66. The predicted molar refractivity (Wildman–Crippen MR) is 51.7 cm³/mol. The molecule has 1 aromatic carbocycles. The highest BCUT2D eigenvalue weighted by molar-refractivity contribution is 6.05. The number of carbonyl (C=O) groups is 1. The van der Waals surface area contributed by atoms with Crippen molar-refractivity contribution >= 4 is 11.6 Å². The first-order chi connectivity index (χ1) is 6.73. The molecule has 1 amide bonds. The lowest BCUT2D eigenvalue weighted by atomic mass is 9.90. The van der Waals surface area contributed by atoms with Crippen LogP contribution in [-0.4, -0.2) is 11.0 Å². The summed E-state index contributed by atoms with van der Waals surface area (Å²) in [5, 5.41) is 13.1. The van der Waals surface area contributed by atoms with Gasteiger partial charge in [0.2, 0.25) is 0 Å². The number of benzene rings is 1. The van der Waals surface area contributed by atoms with E-state index in [1.165, 1.54) is 0 Å². The number of amides is 1. The van der Waals surface area contributed by atoms with E-state index >= 15 is 0 Å². The van der Waals surface area contributed by atoms with E-state index < -0.39 is 5.60 Å². The Morgan fingerprint density at radius 1 is 1.36 bits per heavy atom. The Labute approximate surface area is 81.8 Å². The van der Waals surface area contributed by atoms with Crippen molar-refractivity contribution in [3.63, 3.8) is 0 Å². The molecule has 1 aromatic rings. The molecule has 2 N–H and O–H groups in total. The first-order valence-corrected chi connectivity index (χ1v) is 4.86. The molecule has 1 unspecified atom stereocenters. The molecule has 2 aliphatic rings. The Kier molecular flexibility index (Phi) is 1.35. The summed E-state index contributed by atoms with van der Waals surface area (Å²) >= 11 is 0. The number of anilines is 1. The second-order valence-corrected chi connectivity index (χ2v) is 4.04. The van der Waals surface area contributed by atoms with Crippen molar-refractivity contribution in [1.29, 1.82) is 0 Å². The largest absolute Gasteiger partial charge is 0.375 e. The highest BCUT2D eigenvalue weighted by Gasteiger charge is 2.55. The Morgan fingerprint density at radius 2 is 2.07 bits per heavy atom. The van der Waals surface area contributed by atoms with Crippen LogP contribution in [0.15, 0.2) is 24.3 Å². The molecule has 1 heterocycles. The number of para-hydroxylation sites is 1. The van der Waals surface area contributed by atoms with Crippen LogP contribution in [0, 0.1) is 5.92 Å². The van der Waals surface area contributed by atoms with E-state index in [-0.39, 0.29) is 11.8 Å². The maximum Gasteiger partial charge on any atom is 0.261 e. The topological polar surface area (TPSA) is 49.3 Å². The van der Waals surface area contributed by atoms with E-state index in [9.17, 15) is 9.90 Å². The van der Waals surface area contributed by atoms with E-state index in [4.69, 9.17) is 0 Å². The highest BCUT2D eigenvalue weighted by atomic mass is 16.3. The number of carbonyl (C=O) groups excluding carboxylic acids is 1. The fourth-order valence-electron chi connectivity index (χ4n) is 2.17. The molecule has 1 fully saturated rings. The number of hydrogen-bond acceptors (Lipinski definition) is 2. The Hall–Kier alpha value is -1.35. The van der Waals surface area contributed by atoms with Gasteiger partial charge in [0.05, 0.1) is 0 Å². The summed E-state index contributed by atoms with van der Waals surface area (Å²) < 4.78 is 0. The molecule has 14 heavy (non-hydrogen) atoms. The molecule has 0 radical (unpaired) electrons. The molecule has 1 saturated carbocycles. The van der Waals surface area contributed by atoms with Crippen molar-refractivity contribution in [3.05, 3.63) is 29.8 Å². The minimum Gasteiger partial charge on any atom is -0.375 e. The smallest absolute Gasteiger partial charge is 0.261 e. The molecule has 3 rings (SSSR count). The summed E-state index contributed by atoms with van der Waals surface area (Å²) in [6, 6.07) is 7.36. The highest BCUT2D eigenvalue weighted by Crippen LogP contribution is 2.50. The summed E-state index contributed by atoms with van der Waals surface area (Å²) in [5.41, 5.74) is 0.246. The third-order valence-electron chi connectivity index (χ3n) is 3.10. The quantitative estimate of drug-likeness (QED) is 0.698. The average molecular weight is 189 g/mol. The lowest BCUT2D eigenvalue weighted by molar-refractivity contribution is -0.135. The van der Waals surface area contributed by atoms with E-state index in [0.29, 0.717) is 0 Å². The van der Waals surface area contributed by atoms with Crippen molar-refractivity contribution < 1.29 is 9.90 Å². The van der Waals surface area contributed by atoms with E-state index in [0.717, 1.165) is 24.1 Å². The molecule has 0 aromatic heterocycles. The lowest BCUT2D eigenvalue weighted by Gasteiger charge is -2.19. The molecule has 1 atom stereocenters. The van der Waals surface area contributed by atoms with Crippen molar-refractivity contribution in [2.75, 3.05) is 5.32 Å². The van der Waals surface area contributed by atoms with Gasteiger partial charge in [-0.3, -0.25) is 4.79 Å². The molecular weight excluding hydrogens is 178 g/mol. The molecule has 0 bridgehead atoms. The van der Waals surface area contributed by atoms with Crippen LogP contribution in [0.25, 0.3) is 0 Å². The Bertz CT molecular complexity index is 412. The second-order valence-electron chi connectivity index (χ2n) is 4.04.